The molecule has 6 nitrogen and oxygen atoms in total. The lowest BCUT2D eigenvalue weighted by Gasteiger charge is -2.06. The highest BCUT2D eigenvalue weighted by Crippen LogP contribution is 2.42. The van der Waals surface area contributed by atoms with Gasteiger partial charge in [0.15, 0.2) is 18.1 Å². The quantitative estimate of drug-likeness (QED) is 0.860. The van der Waals surface area contributed by atoms with Gasteiger partial charge in [-0.25, -0.2) is 0 Å². The van der Waals surface area contributed by atoms with Crippen LogP contribution in [0.15, 0.2) is 18.2 Å². The fourth-order valence-electron chi connectivity index (χ4n) is 1.80. The molecular weight excluding hydrogens is 288 g/mol. The molecule has 0 bridgehead atoms. The van der Waals surface area contributed by atoms with Gasteiger partial charge in [-0.15, -0.1) is 8.78 Å². The molecule has 0 atom stereocenters. The molecule has 1 aliphatic heterocycles. The Balaban J connectivity index is 1.56. The number of rotatable bonds is 4. The second kappa shape index (κ2) is 4.87. The molecule has 8 heteroatoms. The summed E-state index contributed by atoms with van der Waals surface area (Å²) in [7, 11) is 0. The number of ether oxygens (including phenoxy) is 3. The minimum atomic E-state index is -3.70. The highest BCUT2D eigenvalue weighted by Gasteiger charge is 2.43. The van der Waals surface area contributed by atoms with Gasteiger partial charge in [0.1, 0.15) is 0 Å². The summed E-state index contributed by atoms with van der Waals surface area (Å²) >= 11 is 0. The Kier molecular flexibility index (Phi) is 3.15. The van der Waals surface area contributed by atoms with Crippen LogP contribution in [0.3, 0.4) is 0 Å². The number of fused-ring (bicyclic) bond motifs is 1. The monoisotopic (exact) mass is 299 g/mol. The van der Waals surface area contributed by atoms with E-state index >= 15 is 0 Å². The van der Waals surface area contributed by atoms with Crippen molar-refractivity contribution < 1.29 is 32.6 Å². The molecule has 1 aromatic rings. The van der Waals surface area contributed by atoms with Crippen LogP contribution in [0.2, 0.25) is 0 Å². The summed E-state index contributed by atoms with van der Waals surface area (Å²) < 4.78 is 39.0. The van der Waals surface area contributed by atoms with Crippen molar-refractivity contribution in [2.75, 3.05) is 11.9 Å². The zero-order valence-electron chi connectivity index (χ0n) is 10.7. The van der Waals surface area contributed by atoms with E-state index in [1.54, 1.807) is 0 Å². The fourth-order valence-corrected chi connectivity index (χ4v) is 1.80. The average Bonchev–Trinajstić information content (AvgIpc) is 3.19. The maximum absolute atomic E-state index is 12.8. The van der Waals surface area contributed by atoms with Crippen LogP contribution in [0.5, 0.6) is 11.5 Å². The van der Waals surface area contributed by atoms with Gasteiger partial charge < -0.3 is 19.5 Å². The van der Waals surface area contributed by atoms with Crippen LogP contribution in [0.1, 0.15) is 12.8 Å². The second-order valence-electron chi connectivity index (χ2n) is 4.76. The molecule has 0 aromatic heterocycles. The Bertz CT molecular complexity index is 600. The highest BCUT2D eigenvalue weighted by atomic mass is 19.3. The number of esters is 1. The molecule has 112 valence electrons. The number of carbonyl (C=O) groups is 2. The second-order valence-corrected chi connectivity index (χ2v) is 4.76. The minimum Gasteiger partial charge on any atom is -0.455 e. The maximum atomic E-state index is 12.8. The van der Waals surface area contributed by atoms with E-state index in [-0.39, 0.29) is 23.1 Å². The molecule has 1 saturated carbocycles. The summed E-state index contributed by atoms with van der Waals surface area (Å²) in [5.74, 6) is -1.33. The third kappa shape index (κ3) is 3.21. The van der Waals surface area contributed by atoms with Gasteiger partial charge in [0.25, 0.3) is 5.91 Å². The number of alkyl halides is 2. The average molecular weight is 299 g/mol. The van der Waals surface area contributed by atoms with Crippen molar-refractivity contribution in [1.82, 2.24) is 0 Å². The van der Waals surface area contributed by atoms with Crippen molar-refractivity contribution in [3.63, 3.8) is 0 Å². The van der Waals surface area contributed by atoms with Crippen molar-refractivity contribution in [3.05, 3.63) is 18.2 Å². The number of hydrogen-bond acceptors (Lipinski definition) is 5. The first kappa shape index (κ1) is 13.6. The molecule has 1 fully saturated rings. The molecule has 1 amide bonds. The molecule has 0 unspecified atom stereocenters. The van der Waals surface area contributed by atoms with Gasteiger partial charge >= 0.3 is 12.3 Å². The van der Waals surface area contributed by atoms with Gasteiger partial charge in [0.2, 0.25) is 0 Å². The van der Waals surface area contributed by atoms with Gasteiger partial charge in [-0.05, 0) is 25.0 Å². The van der Waals surface area contributed by atoms with E-state index in [0.29, 0.717) is 0 Å². The van der Waals surface area contributed by atoms with Crippen LogP contribution < -0.4 is 14.8 Å². The van der Waals surface area contributed by atoms with Crippen LogP contribution in [-0.2, 0) is 14.3 Å². The van der Waals surface area contributed by atoms with E-state index in [9.17, 15) is 18.4 Å². The first-order valence-electron chi connectivity index (χ1n) is 6.29. The van der Waals surface area contributed by atoms with Crippen LogP contribution in [0.25, 0.3) is 0 Å². The van der Waals surface area contributed by atoms with Gasteiger partial charge in [-0.1, -0.05) is 0 Å². The number of nitrogens with one attached hydrogen (secondary N) is 1. The number of anilines is 1. The lowest BCUT2D eigenvalue weighted by atomic mass is 10.3. The molecular formula is C13H11F2NO5. The summed E-state index contributed by atoms with van der Waals surface area (Å²) in [6.45, 7) is -0.417. The molecule has 1 N–H and O–H groups in total. The maximum Gasteiger partial charge on any atom is 0.586 e. The van der Waals surface area contributed by atoms with Crippen molar-refractivity contribution >= 4 is 17.6 Å². The first-order valence-corrected chi connectivity index (χ1v) is 6.29. The highest BCUT2D eigenvalue weighted by molar-refractivity contribution is 5.93. The van der Waals surface area contributed by atoms with Gasteiger partial charge in [-0.2, -0.15) is 0 Å². The van der Waals surface area contributed by atoms with E-state index in [1.807, 2.05) is 0 Å². The van der Waals surface area contributed by atoms with Crippen LogP contribution in [0, 0.1) is 5.92 Å². The van der Waals surface area contributed by atoms with E-state index in [2.05, 4.69) is 14.8 Å². The molecule has 1 aliphatic carbocycles. The van der Waals surface area contributed by atoms with Gasteiger partial charge in [-0.3, -0.25) is 9.59 Å². The molecule has 21 heavy (non-hydrogen) atoms. The first-order chi connectivity index (χ1) is 9.93. The van der Waals surface area contributed by atoms with E-state index in [4.69, 9.17) is 4.74 Å². The Morgan fingerprint density at radius 3 is 2.71 bits per heavy atom. The largest absolute Gasteiger partial charge is 0.586 e. The minimum absolute atomic E-state index is 0.0921. The topological polar surface area (TPSA) is 73.9 Å². The molecule has 3 rings (SSSR count). The Hall–Kier alpha value is -2.38. The van der Waals surface area contributed by atoms with E-state index in [0.717, 1.165) is 12.8 Å². The molecule has 0 spiro atoms. The third-order valence-corrected chi connectivity index (χ3v) is 2.94. The number of halogens is 2. The van der Waals surface area contributed by atoms with E-state index in [1.165, 1.54) is 18.2 Å². The SMILES string of the molecule is O=C(COC(=O)C1CC1)Nc1ccc2c(c1)OC(F)(F)O2. The summed E-state index contributed by atoms with van der Waals surface area (Å²) in [5, 5.41) is 2.42. The number of amides is 1. The smallest absolute Gasteiger partial charge is 0.455 e. The predicted molar refractivity (Wildman–Crippen MR) is 65.0 cm³/mol. The molecule has 1 aromatic carbocycles. The summed E-state index contributed by atoms with van der Waals surface area (Å²) in [4.78, 5) is 22.8. The van der Waals surface area contributed by atoms with Crippen LogP contribution in [0.4, 0.5) is 14.5 Å². The standard InChI is InChI=1S/C13H11F2NO5/c14-13(15)20-9-4-3-8(5-10(9)21-13)16-11(17)6-19-12(18)7-1-2-7/h3-5,7H,1-2,6H2,(H,16,17). The predicted octanol–water partition coefficient (Wildman–Crippen LogP) is 1.90. The van der Waals surface area contributed by atoms with Crippen molar-refractivity contribution in [3.8, 4) is 11.5 Å². The summed E-state index contributed by atoms with van der Waals surface area (Å²) in [6, 6.07) is 3.84. The van der Waals surface area contributed by atoms with Gasteiger partial charge in [0.05, 0.1) is 5.92 Å². The normalized spacial score (nSPS) is 18.2. The number of benzene rings is 1. The Morgan fingerprint density at radius 2 is 2.00 bits per heavy atom. The number of carbonyl (C=O) groups excluding carboxylic acids is 2. The van der Waals surface area contributed by atoms with Crippen molar-refractivity contribution in [2.45, 2.75) is 19.1 Å². The van der Waals surface area contributed by atoms with Crippen LogP contribution >= 0.6 is 0 Å². The molecule has 0 radical (unpaired) electrons. The summed E-state index contributed by atoms with van der Waals surface area (Å²) in [6.07, 6.45) is -2.13. The van der Waals surface area contributed by atoms with Crippen LogP contribution in [-0.4, -0.2) is 24.8 Å². The van der Waals surface area contributed by atoms with E-state index < -0.39 is 24.8 Å². The van der Waals surface area contributed by atoms with Crippen molar-refractivity contribution in [2.24, 2.45) is 5.92 Å². The third-order valence-electron chi connectivity index (χ3n) is 2.94. The van der Waals surface area contributed by atoms with Gasteiger partial charge in [0, 0.05) is 11.8 Å². The lowest BCUT2D eigenvalue weighted by molar-refractivity contribution is -0.286. The molecule has 0 saturated heterocycles. The summed E-state index contributed by atoms with van der Waals surface area (Å²) in [5.41, 5.74) is 0.238. The number of hydrogen-bond donors (Lipinski definition) is 1. The molecule has 2 aliphatic rings. The molecule has 1 heterocycles. The Labute approximate surface area is 118 Å². The zero-order valence-corrected chi connectivity index (χ0v) is 10.7. The zero-order chi connectivity index (χ0) is 15.0. The lowest BCUT2D eigenvalue weighted by Crippen LogP contribution is -2.25. The fraction of sp³-hybridized carbons (Fsp3) is 0.385. The Morgan fingerprint density at radius 1 is 1.29 bits per heavy atom. The van der Waals surface area contributed by atoms with Crippen molar-refractivity contribution in [1.29, 1.82) is 0 Å².